The summed E-state index contributed by atoms with van der Waals surface area (Å²) in [5.74, 6) is 0.117. The number of nitrogens with two attached hydrogens (primary N) is 1. The van der Waals surface area contributed by atoms with Gasteiger partial charge in [0.2, 0.25) is 5.91 Å². The molecule has 24 heavy (non-hydrogen) atoms. The van der Waals surface area contributed by atoms with Crippen LogP contribution >= 0.6 is 0 Å². The van der Waals surface area contributed by atoms with E-state index in [0.717, 1.165) is 30.5 Å². The van der Waals surface area contributed by atoms with Crippen LogP contribution in [-0.2, 0) is 16.0 Å². The highest BCUT2D eigenvalue weighted by molar-refractivity contribution is 5.87. The number of nitrogen functional groups attached to an aromatic ring is 1. The van der Waals surface area contributed by atoms with E-state index in [0.29, 0.717) is 0 Å². The number of Topliss-reactive ketones (excluding diaryl/α,β-unsaturated/α-hetero) is 1. The second-order valence-electron chi connectivity index (χ2n) is 8.06. The molecule has 0 heterocycles. The molecule has 132 valence electrons. The van der Waals surface area contributed by atoms with E-state index in [1.807, 2.05) is 38.1 Å². The zero-order valence-electron chi connectivity index (χ0n) is 15.5. The number of nitrogens with one attached hydrogen (secondary N) is 1. The van der Waals surface area contributed by atoms with Gasteiger partial charge in [-0.15, -0.1) is 0 Å². The number of benzene rings is 1. The molecule has 0 radical (unpaired) electrons. The summed E-state index contributed by atoms with van der Waals surface area (Å²) in [6, 6.07) is 7.78. The van der Waals surface area contributed by atoms with Gasteiger partial charge in [-0.2, -0.15) is 0 Å². The second-order valence-corrected chi connectivity index (χ2v) is 8.06. The number of ketones is 1. The summed E-state index contributed by atoms with van der Waals surface area (Å²) < 4.78 is 0. The van der Waals surface area contributed by atoms with Crippen LogP contribution in [0.1, 0.15) is 53.0 Å². The highest BCUT2D eigenvalue weighted by Gasteiger charge is 2.56. The molecule has 0 aliphatic heterocycles. The minimum absolute atomic E-state index is 0.0427. The molecule has 1 fully saturated rings. The standard InChI is InChI=1S/C20H30N2O2/c1-13(12-15-6-8-16(21)9-7-15)22-18(24)17-10-11-20(5,14(2)23)19(17,3)4/h6-9,13,17H,10-12,21H2,1-5H3,(H,22,24)/t13-,17-,20+/m1/s1. The van der Waals surface area contributed by atoms with Crippen molar-refractivity contribution in [3.63, 3.8) is 0 Å². The SMILES string of the molecule is CC(=O)[C@]1(C)CC[C@H](C(=O)N[C@H](C)Cc2ccc(N)cc2)C1(C)C. The summed E-state index contributed by atoms with van der Waals surface area (Å²) >= 11 is 0. The summed E-state index contributed by atoms with van der Waals surface area (Å²) in [6.07, 6.45) is 2.31. The Hall–Kier alpha value is -1.84. The molecule has 4 nitrogen and oxygen atoms in total. The maximum atomic E-state index is 12.8. The van der Waals surface area contributed by atoms with E-state index >= 15 is 0 Å². The normalized spacial score (nSPS) is 26.8. The molecular formula is C20H30N2O2. The summed E-state index contributed by atoms with van der Waals surface area (Å²) in [5.41, 5.74) is 6.84. The van der Waals surface area contributed by atoms with Crippen molar-refractivity contribution < 1.29 is 9.59 Å². The first-order chi connectivity index (χ1) is 11.1. The lowest BCUT2D eigenvalue weighted by molar-refractivity contribution is -0.135. The summed E-state index contributed by atoms with van der Waals surface area (Å²) in [4.78, 5) is 24.9. The van der Waals surface area contributed by atoms with Crippen LogP contribution in [0.4, 0.5) is 5.69 Å². The fourth-order valence-corrected chi connectivity index (χ4v) is 3.99. The fraction of sp³-hybridized carbons (Fsp3) is 0.600. The van der Waals surface area contributed by atoms with Crippen molar-refractivity contribution in [1.82, 2.24) is 5.32 Å². The maximum absolute atomic E-state index is 12.8. The fourth-order valence-electron chi connectivity index (χ4n) is 3.99. The van der Waals surface area contributed by atoms with Crippen LogP contribution in [0.15, 0.2) is 24.3 Å². The molecule has 0 unspecified atom stereocenters. The zero-order valence-corrected chi connectivity index (χ0v) is 15.5. The monoisotopic (exact) mass is 330 g/mol. The third-order valence-electron chi connectivity index (χ3n) is 6.23. The molecule has 0 spiro atoms. The number of rotatable bonds is 5. The lowest BCUT2D eigenvalue weighted by Crippen LogP contribution is -2.46. The Morgan fingerprint density at radius 2 is 1.83 bits per heavy atom. The molecule has 4 heteroatoms. The van der Waals surface area contributed by atoms with Gasteiger partial charge in [0, 0.05) is 23.1 Å². The third-order valence-corrected chi connectivity index (χ3v) is 6.23. The first kappa shape index (κ1) is 18.5. The topological polar surface area (TPSA) is 72.2 Å². The summed E-state index contributed by atoms with van der Waals surface area (Å²) in [7, 11) is 0. The molecule has 1 aromatic rings. The molecule has 2 rings (SSSR count). The van der Waals surface area contributed by atoms with Crippen LogP contribution in [0.5, 0.6) is 0 Å². The van der Waals surface area contributed by atoms with Gasteiger partial charge in [-0.05, 0) is 56.2 Å². The van der Waals surface area contributed by atoms with Gasteiger partial charge in [0.05, 0.1) is 0 Å². The van der Waals surface area contributed by atoms with E-state index in [-0.39, 0.29) is 29.1 Å². The Kier molecular flexibility index (Phi) is 5.07. The van der Waals surface area contributed by atoms with Crippen molar-refractivity contribution in [2.45, 2.75) is 59.9 Å². The van der Waals surface area contributed by atoms with E-state index < -0.39 is 5.41 Å². The predicted octanol–water partition coefficient (Wildman–Crippen LogP) is 3.35. The van der Waals surface area contributed by atoms with Crippen LogP contribution in [0.2, 0.25) is 0 Å². The van der Waals surface area contributed by atoms with Crippen LogP contribution < -0.4 is 11.1 Å². The Balaban J connectivity index is 2.02. The third kappa shape index (κ3) is 3.33. The van der Waals surface area contributed by atoms with E-state index in [2.05, 4.69) is 19.2 Å². The minimum Gasteiger partial charge on any atom is -0.399 e. The molecule has 1 aliphatic rings. The van der Waals surface area contributed by atoms with E-state index in [1.54, 1.807) is 6.92 Å². The lowest BCUT2D eigenvalue weighted by atomic mass is 9.63. The average Bonchev–Trinajstić information content (AvgIpc) is 2.73. The Labute approximate surface area is 145 Å². The second kappa shape index (κ2) is 6.58. The molecule has 0 bridgehead atoms. The molecule has 0 aromatic heterocycles. The van der Waals surface area contributed by atoms with Crippen molar-refractivity contribution in [1.29, 1.82) is 0 Å². The zero-order chi connectivity index (χ0) is 18.1. The lowest BCUT2D eigenvalue weighted by Gasteiger charge is -2.39. The van der Waals surface area contributed by atoms with Crippen molar-refractivity contribution in [3.8, 4) is 0 Å². The Morgan fingerprint density at radius 3 is 2.33 bits per heavy atom. The quantitative estimate of drug-likeness (QED) is 0.813. The van der Waals surface area contributed by atoms with Crippen molar-refractivity contribution in [2.24, 2.45) is 16.7 Å². The van der Waals surface area contributed by atoms with Crippen molar-refractivity contribution in [2.75, 3.05) is 5.73 Å². The molecule has 3 atom stereocenters. The summed E-state index contributed by atoms with van der Waals surface area (Å²) in [6.45, 7) is 9.76. The highest BCUT2D eigenvalue weighted by atomic mass is 16.2. The first-order valence-corrected chi connectivity index (χ1v) is 8.74. The van der Waals surface area contributed by atoms with Crippen LogP contribution in [0.3, 0.4) is 0 Å². The molecule has 1 aliphatic carbocycles. The molecule has 3 N–H and O–H groups in total. The van der Waals surface area contributed by atoms with Crippen molar-refractivity contribution >= 4 is 17.4 Å². The molecular weight excluding hydrogens is 300 g/mol. The van der Waals surface area contributed by atoms with Crippen LogP contribution in [-0.4, -0.2) is 17.7 Å². The van der Waals surface area contributed by atoms with Crippen molar-refractivity contribution in [3.05, 3.63) is 29.8 Å². The van der Waals surface area contributed by atoms with E-state index in [4.69, 9.17) is 5.73 Å². The number of hydrogen-bond acceptors (Lipinski definition) is 3. The molecule has 1 saturated carbocycles. The van der Waals surface area contributed by atoms with Gasteiger partial charge in [0.15, 0.2) is 0 Å². The average molecular weight is 330 g/mol. The van der Waals surface area contributed by atoms with Crippen LogP contribution in [0.25, 0.3) is 0 Å². The predicted molar refractivity (Wildman–Crippen MR) is 97.5 cm³/mol. The van der Waals surface area contributed by atoms with Gasteiger partial charge in [-0.1, -0.05) is 32.9 Å². The number of anilines is 1. The van der Waals surface area contributed by atoms with Gasteiger partial charge in [-0.25, -0.2) is 0 Å². The largest absolute Gasteiger partial charge is 0.399 e. The minimum atomic E-state index is -0.421. The Morgan fingerprint density at radius 1 is 1.25 bits per heavy atom. The number of carbonyl (C=O) groups excluding carboxylic acids is 2. The van der Waals surface area contributed by atoms with Gasteiger partial charge < -0.3 is 11.1 Å². The Bertz CT molecular complexity index is 621. The molecule has 1 amide bonds. The van der Waals surface area contributed by atoms with E-state index in [1.165, 1.54) is 0 Å². The number of carbonyl (C=O) groups is 2. The van der Waals surface area contributed by atoms with Crippen LogP contribution in [0, 0.1) is 16.7 Å². The van der Waals surface area contributed by atoms with Gasteiger partial charge in [-0.3, -0.25) is 9.59 Å². The molecule has 0 saturated heterocycles. The van der Waals surface area contributed by atoms with E-state index in [9.17, 15) is 9.59 Å². The maximum Gasteiger partial charge on any atom is 0.223 e. The first-order valence-electron chi connectivity index (χ1n) is 8.74. The number of amides is 1. The van der Waals surface area contributed by atoms with Gasteiger partial charge in [0.25, 0.3) is 0 Å². The highest BCUT2D eigenvalue weighted by Crippen LogP contribution is 2.56. The summed E-state index contributed by atoms with van der Waals surface area (Å²) in [5, 5.41) is 3.14. The smallest absolute Gasteiger partial charge is 0.223 e. The van der Waals surface area contributed by atoms with Gasteiger partial charge in [0.1, 0.15) is 5.78 Å². The van der Waals surface area contributed by atoms with Gasteiger partial charge >= 0.3 is 0 Å². The molecule has 1 aromatic carbocycles. The number of hydrogen-bond donors (Lipinski definition) is 2.